The summed E-state index contributed by atoms with van der Waals surface area (Å²) in [6, 6.07) is 0. The molecule has 0 atom stereocenters. The highest BCUT2D eigenvalue weighted by Crippen LogP contribution is 1.87. The van der Waals surface area contributed by atoms with Crippen LogP contribution in [0.2, 0.25) is 0 Å². The SMILES string of the molecule is N=C1CCOCNC1. The third-order valence-electron chi connectivity index (χ3n) is 1.09. The predicted molar refractivity (Wildman–Crippen MR) is 31.2 cm³/mol. The molecule has 46 valence electrons. The molecule has 8 heavy (non-hydrogen) atoms. The summed E-state index contributed by atoms with van der Waals surface area (Å²) >= 11 is 0. The summed E-state index contributed by atoms with van der Waals surface area (Å²) in [5, 5.41) is 10.1. The number of rotatable bonds is 0. The van der Waals surface area contributed by atoms with Crippen LogP contribution in [0.3, 0.4) is 0 Å². The lowest BCUT2D eigenvalue weighted by molar-refractivity contribution is 0.133. The molecule has 3 heteroatoms. The van der Waals surface area contributed by atoms with E-state index in [4.69, 9.17) is 10.1 Å². The van der Waals surface area contributed by atoms with Crippen molar-refractivity contribution >= 4 is 5.71 Å². The van der Waals surface area contributed by atoms with Crippen molar-refractivity contribution in [1.29, 1.82) is 5.41 Å². The lowest BCUT2D eigenvalue weighted by atomic mass is 10.3. The average Bonchev–Trinajstić information content (AvgIpc) is 1.94. The average molecular weight is 114 g/mol. The van der Waals surface area contributed by atoms with Gasteiger partial charge in [-0.2, -0.15) is 0 Å². The van der Waals surface area contributed by atoms with Crippen molar-refractivity contribution in [3.63, 3.8) is 0 Å². The van der Waals surface area contributed by atoms with Gasteiger partial charge in [0, 0.05) is 18.7 Å². The maximum atomic E-state index is 7.19. The largest absolute Gasteiger partial charge is 0.366 e. The zero-order valence-electron chi connectivity index (χ0n) is 4.74. The monoisotopic (exact) mass is 114 g/mol. The molecule has 0 radical (unpaired) electrons. The minimum absolute atomic E-state index is 0.600. The Balaban J connectivity index is 2.27. The highest BCUT2D eigenvalue weighted by molar-refractivity contribution is 5.83. The summed E-state index contributed by atoms with van der Waals surface area (Å²) in [5.41, 5.74) is 0.738. The Hall–Kier alpha value is -0.410. The first kappa shape index (κ1) is 5.72. The van der Waals surface area contributed by atoms with Crippen LogP contribution in [0.25, 0.3) is 0 Å². The Morgan fingerprint density at radius 3 is 3.38 bits per heavy atom. The van der Waals surface area contributed by atoms with Gasteiger partial charge in [-0.05, 0) is 0 Å². The second kappa shape index (κ2) is 2.79. The Bertz CT molecular complexity index is 82.4. The maximum absolute atomic E-state index is 7.19. The number of hydrogen-bond acceptors (Lipinski definition) is 3. The van der Waals surface area contributed by atoms with E-state index in [1.54, 1.807) is 0 Å². The van der Waals surface area contributed by atoms with Crippen molar-refractivity contribution in [3.8, 4) is 0 Å². The molecule has 1 aliphatic rings. The van der Waals surface area contributed by atoms with Crippen LogP contribution in [-0.2, 0) is 4.74 Å². The number of ether oxygens (including phenoxy) is 1. The topological polar surface area (TPSA) is 45.1 Å². The highest BCUT2D eigenvalue weighted by atomic mass is 16.5. The van der Waals surface area contributed by atoms with Crippen molar-refractivity contribution in [2.75, 3.05) is 19.9 Å². The second-order valence-electron chi connectivity index (χ2n) is 1.83. The molecule has 0 amide bonds. The van der Waals surface area contributed by atoms with Gasteiger partial charge in [-0.1, -0.05) is 0 Å². The third-order valence-corrected chi connectivity index (χ3v) is 1.09. The molecule has 1 heterocycles. The van der Waals surface area contributed by atoms with Crippen LogP contribution in [0.1, 0.15) is 6.42 Å². The van der Waals surface area contributed by atoms with E-state index in [9.17, 15) is 0 Å². The molecule has 0 saturated carbocycles. The van der Waals surface area contributed by atoms with Crippen LogP contribution in [0, 0.1) is 5.41 Å². The van der Waals surface area contributed by atoms with Crippen molar-refractivity contribution < 1.29 is 4.74 Å². The molecule has 0 bridgehead atoms. The van der Waals surface area contributed by atoms with Crippen molar-refractivity contribution in [3.05, 3.63) is 0 Å². The zero-order valence-corrected chi connectivity index (χ0v) is 4.74. The quantitative estimate of drug-likeness (QED) is 0.464. The molecule has 3 nitrogen and oxygen atoms in total. The summed E-state index contributed by atoms with van der Waals surface area (Å²) in [4.78, 5) is 0. The molecule has 0 unspecified atom stereocenters. The van der Waals surface area contributed by atoms with Gasteiger partial charge >= 0.3 is 0 Å². The Kier molecular flexibility index (Phi) is 2.00. The molecular weight excluding hydrogens is 104 g/mol. The van der Waals surface area contributed by atoms with Gasteiger partial charge in [-0.3, -0.25) is 5.32 Å². The smallest absolute Gasteiger partial charge is 0.0968 e. The van der Waals surface area contributed by atoms with Crippen LogP contribution in [-0.4, -0.2) is 25.6 Å². The fraction of sp³-hybridized carbons (Fsp3) is 0.800. The summed E-state index contributed by atoms with van der Waals surface area (Å²) < 4.78 is 5.01. The molecule has 1 saturated heterocycles. The van der Waals surface area contributed by atoms with Crippen LogP contribution in [0.4, 0.5) is 0 Å². The summed E-state index contributed by atoms with van der Waals surface area (Å²) in [6.07, 6.45) is 0.785. The first-order chi connectivity index (χ1) is 3.89. The van der Waals surface area contributed by atoms with Gasteiger partial charge < -0.3 is 10.1 Å². The molecule has 1 fully saturated rings. The van der Waals surface area contributed by atoms with Crippen LogP contribution in [0.15, 0.2) is 0 Å². The molecule has 0 aromatic carbocycles. The van der Waals surface area contributed by atoms with Gasteiger partial charge in [0.15, 0.2) is 0 Å². The first-order valence-corrected chi connectivity index (χ1v) is 2.74. The van der Waals surface area contributed by atoms with Gasteiger partial charge in [-0.15, -0.1) is 0 Å². The van der Waals surface area contributed by atoms with E-state index in [0.717, 1.165) is 12.1 Å². The molecule has 0 spiro atoms. The third kappa shape index (κ3) is 1.60. The zero-order chi connectivity index (χ0) is 5.82. The van der Waals surface area contributed by atoms with Crippen molar-refractivity contribution in [1.82, 2.24) is 5.32 Å². The van der Waals surface area contributed by atoms with Gasteiger partial charge in [0.1, 0.15) is 0 Å². The molecule has 0 aromatic rings. The number of hydrogen-bond donors (Lipinski definition) is 2. The van der Waals surface area contributed by atoms with Crippen LogP contribution >= 0.6 is 0 Å². The Morgan fingerprint density at radius 1 is 1.62 bits per heavy atom. The fourth-order valence-corrected chi connectivity index (χ4v) is 0.630. The summed E-state index contributed by atoms with van der Waals surface area (Å²) in [6.45, 7) is 1.99. The lowest BCUT2D eigenvalue weighted by Crippen LogP contribution is -2.20. The van der Waals surface area contributed by atoms with E-state index in [1.807, 2.05) is 0 Å². The molecule has 1 aliphatic heterocycles. The standard InChI is InChI=1S/C5H10N2O/c6-5-1-2-8-4-7-3-5/h6-7H,1-4H2. The van der Waals surface area contributed by atoms with Crippen LogP contribution in [0.5, 0.6) is 0 Å². The van der Waals surface area contributed by atoms with Gasteiger partial charge in [0.05, 0.1) is 13.3 Å². The van der Waals surface area contributed by atoms with Crippen molar-refractivity contribution in [2.24, 2.45) is 0 Å². The Morgan fingerprint density at radius 2 is 2.50 bits per heavy atom. The van der Waals surface area contributed by atoms with Gasteiger partial charge in [-0.25, -0.2) is 0 Å². The maximum Gasteiger partial charge on any atom is 0.0968 e. The van der Waals surface area contributed by atoms with Gasteiger partial charge in [0.25, 0.3) is 0 Å². The minimum atomic E-state index is 0.600. The van der Waals surface area contributed by atoms with E-state index in [0.29, 0.717) is 19.9 Å². The highest BCUT2D eigenvalue weighted by Gasteiger charge is 2.00. The minimum Gasteiger partial charge on any atom is -0.366 e. The van der Waals surface area contributed by atoms with Gasteiger partial charge in [0.2, 0.25) is 0 Å². The van der Waals surface area contributed by atoms with E-state index in [-0.39, 0.29) is 0 Å². The van der Waals surface area contributed by atoms with E-state index >= 15 is 0 Å². The second-order valence-corrected chi connectivity index (χ2v) is 1.83. The first-order valence-electron chi connectivity index (χ1n) is 2.74. The summed E-state index contributed by atoms with van der Waals surface area (Å²) in [5.74, 6) is 0. The van der Waals surface area contributed by atoms with E-state index in [1.165, 1.54) is 0 Å². The molecule has 2 N–H and O–H groups in total. The molecule has 1 rings (SSSR count). The number of nitrogens with one attached hydrogen (secondary N) is 2. The molecule has 0 aliphatic carbocycles. The molecular formula is C5H10N2O. The lowest BCUT2D eigenvalue weighted by Gasteiger charge is -1.93. The predicted octanol–water partition coefficient (Wildman–Crippen LogP) is -0.0264. The normalized spacial score (nSPS) is 22.8. The van der Waals surface area contributed by atoms with Crippen molar-refractivity contribution in [2.45, 2.75) is 6.42 Å². The molecule has 0 aromatic heterocycles. The fourth-order valence-electron chi connectivity index (χ4n) is 0.630. The Labute approximate surface area is 48.5 Å². The van der Waals surface area contributed by atoms with Crippen LogP contribution < -0.4 is 5.32 Å². The van der Waals surface area contributed by atoms with E-state index in [2.05, 4.69) is 5.32 Å². The van der Waals surface area contributed by atoms with E-state index < -0.39 is 0 Å². The summed E-state index contributed by atoms with van der Waals surface area (Å²) in [7, 11) is 0.